The summed E-state index contributed by atoms with van der Waals surface area (Å²) in [5, 5.41) is 0. The van der Waals surface area contributed by atoms with Crippen LogP contribution in [0.15, 0.2) is 0 Å². The van der Waals surface area contributed by atoms with Crippen molar-refractivity contribution >= 4 is 0 Å². The Labute approximate surface area is 82.9 Å². The zero-order valence-corrected chi connectivity index (χ0v) is 9.81. The SMILES string of the molecule is CCC(C)(C)CC(C)(CC)C1CO1. The number of rotatable bonds is 5. The fourth-order valence-electron chi connectivity index (χ4n) is 2.14. The van der Waals surface area contributed by atoms with Gasteiger partial charge >= 0.3 is 0 Å². The van der Waals surface area contributed by atoms with Crippen LogP contribution in [0.25, 0.3) is 0 Å². The van der Waals surface area contributed by atoms with E-state index in [1.54, 1.807) is 0 Å². The van der Waals surface area contributed by atoms with Crippen LogP contribution in [-0.2, 0) is 4.74 Å². The third-order valence-electron chi connectivity index (χ3n) is 3.76. The summed E-state index contributed by atoms with van der Waals surface area (Å²) in [7, 11) is 0. The second-order valence-corrected chi connectivity index (χ2v) is 5.52. The van der Waals surface area contributed by atoms with Gasteiger partial charge in [0.15, 0.2) is 0 Å². The minimum absolute atomic E-state index is 0.416. The largest absolute Gasteiger partial charge is 0.373 e. The van der Waals surface area contributed by atoms with Crippen LogP contribution in [0.2, 0.25) is 0 Å². The molecule has 0 radical (unpaired) electrons. The monoisotopic (exact) mass is 184 g/mol. The van der Waals surface area contributed by atoms with Gasteiger partial charge in [-0.25, -0.2) is 0 Å². The van der Waals surface area contributed by atoms with Gasteiger partial charge < -0.3 is 4.74 Å². The lowest BCUT2D eigenvalue weighted by Gasteiger charge is -2.35. The number of epoxide rings is 1. The molecule has 0 aromatic heterocycles. The van der Waals surface area contributed by atoms with E-state index < -0.39 is 0 Å². The van der Waals surface area contributed by atoms with Gasteiger partial charge in [-0.1, -0.05) is 41.0 Å². The number of hydrogen-bond acceptors (Lipinski definition) is 1. The molecule has 1 heteroatoms. The Kier molecular flexibility index (Phi) is 3.06. The highest BCUT2D eigenvalue weighted by Crippen LogP contribution is 2.45. The molecule has 1 nitrogen and oxygen atoms in total. The zero-order chi connectivity index (χ0) is 10.1. The molecule has 0 spiro atoms. The summed E-state index contributed by atoms with van der Waals surface area (Å²) in [6, 6.07) is 0. The Hall–Kier alpha value is -0.0400. The molecule has 0 aromatic rings. The van der Waals surface area contributed by atoms with E-state index in [-0.39, 0.29) is 0 Å². The van der Waals surface area contributed by atoms with Crippen LogP contribution in [0, 0.1) is 10.8 Å². The van der Waals surface area contributed by atoms with Gasteiger partial charge in [-0.2, -0.15) is 0 Å². The molecule has 0 amide bonds. The lowest BCUT2D eigenvalue weighted by atomic mass is 9.70. The predicted octanol–water partition coefficient (Wildman–Crippen LogP) is 3.63. The van der Waals surface area contributed by atoms with Crippen molar-refractivity contribution in [1.82, 2.24) is 0 Å². The van der Waals surface area contributed by atoms with Crippen molar-refractivity contribution in [1.29, 1.82) is 0 Å². The van der Waals surface area contributed by atoms with Gasteiger partial charge in [-0.3, -0.25) is 0 Å². The Morgan fingerprint density at radius 1 is 1.15 bits per heavy atom. The molecule has 2 atom stereocenters. The van der Waals surface area contributed by atoms with E-state index in [2.05, 4.69) is 34.6 Å². The molecule has 2 unspecified atom stereocenters. The van der Waals surface area contributed by atoms with Crippen molar-refractivity contribution in [3.8, 4) is 0 Å². The molecule has 1 fully saturated rings. The average molecular weight is 184 g/mol. The summed E-state index contributed by atoms with van der Waals surface area (Å²) < 4.78 is 5.45. The second-order valence-electron chi connectivity index (χ2n) is 5.52. The van der Waals surface area contributed by atoms with Gasteiger partial charge in [0.25, 0.3) is 0 Å². The molecule has 0 N–H and O–H groups in total. The van der Waals surface area contributed by atoms with E-state index >= 15 is 0 Å². The summed E-state index contributed by atoms with van der Waals surface area (Å²) in [5.74, 6) is 0. The van der Waals surface area contributed by atoms with Gasteiger partial charge in [0.05, 0.1) is 12.7 Å². The van der Waals surface area contributed by atoms with Crippen molar-refractivity contribution in [3.05, 3.63) is 0 Å². The van der Waals surface area contributed by atoms with Gasteiger partial charge in [-0.15, -0.1) is 0 Å². The van der Waals surface area contributed by atoms with Crippen LogP contribution in [-0.4, -0.2) is 12.7 Å². The fourth-order valence-corrected chi connectivity index (χ4v) is 2.14. The normalized spacial score (nSPS) is 27.0. The molecule has 1 rings (SSSR count). The quantitative estimate of drug-likeness (QED) is 0.594. The minimum Gasteiger partial charge on any atom is -0.373 e. The lowest BCUT2D eigenvalue weighted by Crippen LogP contribution is -2.29. The number of hydrogen-bond donors (Lipinski definition) is 0. The van der Waals surface area contributed by atoms with Crippen LogP contribution in [0.5, 0.6) is 0 Å². The van der Waals surface area contributed by atoms with E-state index in [4.69, 9.17) is 4.74 Å². The molecule has 1 aliphatic heterocycles. The third-order valence-corrected chi connectivity index (χ3v) is 3.76. The smallest absolute Gasteiger partial charge is 0.0863 e. The van der Waals surface area contributed by atoms with E-state index in [9.17, 15) is 0 Å². The summed E-state index contributed by atoms with van der Waals surface area (Å²) in [4.78, 5) is 0. The summed E-state index contributed by atoms with van der Waals surface area (Å²) >= 11 is 0. The molecule has 0 saturated carbocycles. The maximum atomic E-state index is 5.45. The molecule has 0 bridgehead atoms. The first kappa shape index (κ1) is 11.0. The summed E-state index contributed by atoms with van der Waals surface area (Å²) in [6.07, 6.45) is 4.33. The van der Waals surface area contributed by atoms with Gasteiger partial charge in [0, 0.05) is 0 Å². The predicted molar refractivity (Wildman–Crippen MR) is 56.8 cm³/mol. The molecule has 1 heterocycles. The van der Waals surface area contributed by atoms with Crippen LogP contribution in [0.1, 0.15) is 53.9 Å². The van der Waals surface area contributed by atoms with Gasteiger partial charge in [0.2, 0.25) is 0 Å². The Bertz CT molecular complexity index is 170. The minimum atomic E-state index is 0.416. The molecule has 0 aliphatic carbocycles. The lowest BCUT2D eigenvalue weighted by molar-refractivity contribution is 0.123. The highest BCUT2D eigenvalue weighted by molar-refractivity contribution is 4.92. The Morgan fingerprint density at radius 3 is 2.00 bits per heavy atom. The van der Waals surface area contributed by atoms with Gasteiger partial charge in [0.1, 0.15) is 0 Å². The van der Waals surface area contributed by atoms with Crippen LogP contribution in [0.3, 0.4) is 0 Å². The van der Waals surface area contributed by atoms with Crippen molar-refractivity contribution < 1.29 is 4.74 Å². The van der Waals surface area contributed by atoms with E-state index in [0.717, 1.165) is 6.61 Å². The van der Waals surface area contributed by atoms with Crippen molar-refractivity contribution in [2.75, 3.05) is 6.61 Å². The molecule has 1 aliphatic rings. The fraction of sp³-hybridized carbons (Fsp3) is 1.00. The maximum Gasteiger partial charge on any atom is 0.0863 e. The topological polar surface area (TPSA) is 12.5 Å². The van der Waals surface area contributed by atoms with Crippen molar-refractivity contribution in [2.45, 2.75) is 60.0 Å². The first-order valence-corrected chi connectivity index (χ1v) is 5.55. The molecular formula is C12H24O. The highest BCUT2D eigenvalue weighted by Gasteiger charge is 2.44. The summed E-state index contributed by atoms with van der Waals surface area (Å²) in [5.41, 5.74) is 0.885. The van der Waals surface area contributed by atoms with Crippen LogP contribution >= 0.6 is 0 Å². The molecule has 1 saturated heterocycles. The zero-order valence-electron chi connectivity index (χ0n) is 9.81. The third kappa shape index (κ3) is 2.70. The first-order valence-electron chi connectivity index (χ1n) is 5.55. The molecule has 13 heavy (non-hydrogen) atoms. The second kappa shape index (κ2) is 3.61. The standard InChI is InChI=1S/C12H24O/c1-6-11(3,4)9-12(5,7-2)10-8-13-10/h10H,6-9H2,1-5H3. The molecule has 78 valence electrons. The van der Waals surface area contributed by atoms with Crippen LogP contribution in [0.4, 0.5) is 0 Å². The van der Waals surface area contributed by atoms with E-state index in [0.29, 0.717) is 16.9 Å². The Balaban J connectivity index is 2.56. The highest BCUT2D eigenvalue weighted by atomic mass is 16.6. The maximum absolute atomic E-state index is 5.45. The summed E-state index contributed by atoms with van der Waals surface area (Å²) in [6.45, 7) is 12.7. The molecular weight excluding hydrogens is 160 g/mol. The Morgan fingerprint density at radius 2 is 1.69 bits per heavy atom. The van der Waals surface area contributed by atoms with Crippen molar-refractivity contribution in [3.63, 3.8) is 0 Å². The first-order chi connectivity index (χ1) is 5.93. The van der Waals surface area contributed by atoms with Crippen LogP contribution < -0.4 is 0 Å². The average Bonchev–Trinajstić information content (AvgIpc) is 2.86. The van der Waals surface area contributed by atoms with E-state index in [1.165, 1.54) is 19.3 Å². The van der Waals surface area contributed by atoms with E-state index in [1.807, 2.05) is 0 Å². The number of ether oxygens (including phenoxy) is 1. The van der Waals surface area contributed by atoms with Gasteiger partial charge in [-0.05, 0) is 23.7 Å². The molecule has 0 aromatic carbocycles. The van der Waals surface area contributed by atoms with Crippen molar-refractivity contribution in [2.24, 2.45) is 10.8 Å².